The standard InChI is InChI=1S/C22H21Cl3O2/c1-4-12-5-6-13(14-8-17(24)18(25)9-16(14)23)7-15(12)21-19(26)10-22(2,3)11-20(21)27/h5-9,21H,4,10-11H2,1-3H3. The average Bonchev–Trinajstić information content (AvgIpc) is 2.56. The van der Waals surface area contributed by atoms with Crippen molar-refractivity contribution in [2.75, 3.05) is 0 Å². The minimum atomic E-state index is -0.700. The van der Waals surface area contributed by atoms with Gasteiger partial charge < -0.3 is 0 Å². The van der Waals surface area contributed by atoms with E-state index in [4.69, 9.17) is 34.8 Å². The fourth-order valence-corrected chi connectivity index (χ4v) is 4.49. The number of benzene rings is 2. The number of aryl methyl sites for hydroxylation is 1. The molecule has 2 nitrogen and oxygen atoms in total. The molecule has 2 aromatic rings. The van der Waals surface area contributed by atoms with Crippen LogP contribution in [0.15, 0.2) is 30.3 Å². The molecule has 5 heteroatoms. The second-order valence-electron chi connectivity index (χ2n) is 7.90. The minimum absolute atomic E-state index is 0.0108. The van der Waals surface area contributed by atoms with Crippen LogP contribution < -0.4 is 0 Å². The molecule has 1 aliphatic rings. The summed E-state index contributed by atoms with van der Waals surface area (Å²) < 4.78 is 0. The molecule has 0 aliphatic heterocycles. The topological polar surface area (TPSA) is 34.1 Å². The summed E-state index contributed by atoms with van der Waals surface area (Å²) in [6.45, 7) is 5.95. The molecule has 142 valence electrons. The van der Waals surface area contributed by atoms with Crippen LogP contribution in [-0.4, -0.2) is 11.6 Å². The summed E-state index contributed by atoms with van der Waals surface area (Å²) >= 11 is 18.6. The van der Waals surface area contributed by atoms with Crippen LogP contribution in [0.2, 0.25) is 15.1 Å². The predicted octanol–water partition coefficient (Wildman–Crippen LogP) is 6.92. The second kappa shape index (κ2) is 7.58. The smallest absolute Gasteiger partial charge is 0.148 e. The molecule has 0 spiro atoms. The Kier molecular flexibility index (Phi) is 5.72. The van der Waals surface area contributed by atoms with Gasteiger partial charge >= 0.3 is 0 Å². The van der Waals surface area contributed by atoms with Crippen LogP contribution in [0.1, 0.15) is 50.7 Å². The van der Waals surface area contributed by atoms with E-state index in [1.54, 1.807) is 12.1 Å². The first-order valence-corrected chi connectivity index (χ1v) is 10.1. The molecule has 0 aromatic heterocycles. The van der Waals surface area contributed by atoms with Gasteiger partial charge in [-0.25, -0.2) is 0 Å². The van der Waals surface area contributed by atoms with E-state index in [9.17, 15) is 9.59 Å². The monoisotopic (exact) mass is 422 g/mol. The van der Waals surface area contributed by atoms with Crippen molar-refractivity contribution in [1.82, 2.24) is 0 Å². The molecule has 0 radical (unpaired) electrons. The number of hydrogen-bond donors (Lipinski definition) is 0. The number of hydrogen-bond acceptors (Lipinski definition) is 2. The zero-order valence-electron chi connectivity index (χ0n) is 15.5. The lowest BCUT2D eigenvalue weighted by Gasteiger charge is -2.33. The van der Waals surface area contributed by atoms with Crippen molar-refractivity contribution in [1.29, 1.82) is 0 Å². The summed E-state index contributed by atoms with van der Waals surface area (Å²) in [6.07, 6.45) is 1.56. The molecular weight excluding hydrogens is 403 g/mol. The van der Waals surface area contributed by atoms with E-state index in [1.807, 2.05) is 39.0 Å². The maximum Gasteiger partial charge on any atom is 0.148 e. The fourth-order valence-electron chi connectivity index (χ4n) is 3.83. The van der Waals surface area contributed by atoms with Gasteiger partial charge in [-0.1, -0.05) is 67.7 Å². The summed E-state index contributed by atoms with van der Waals surface area (Å²) in [4.78, 5) is 25.6. The van der Waals surface area contributed by atoms with Crippen molar-refractivity contribution < 1.29 is 9.59 Å². The molecule has 27 heavy (non-hydrogen) atoms. The Hall–Kier alpha value is -1.35. The van der Waals surface area contributed by atoms with Crippen LogP contribution in [0.25, 0.3) is 11.1 Å². The molecular formula is C22H21Cl3O2. The van der Waals surface area contributed by atoms with E-state index < -0.39 is 5.92 Å². The second-order valence-corrected chi connectivity index (χ2v) is 9.12. The largest absolute Gasteiger partial charge is 0.299 e. The van der Waals surface area contributed by atoms with Gasteiger partial charge in [0.05, 0.1) is 10.0 Å². The maximum atomic E-state index is 12.8. The minimum Gasteiger partial charge on any atom is -0.299 e. The number of rotatable bonds is 3. The molecule has 0 unspecified atom stereocenters. The van der Waals surface area contributed by atoms with Crippen LogP contribution in [0.3, 0.4) is 0 Å². The first-order valence-electron chi connectivity index (χ1n) is 8.96. The Labute approximate surface area is 174 Å². The zero-order valence-corrected chi connectivity index (χ0v) is 17.8. The quantitative estimate of drug-likeness (QED) is 0.396. The highest BCUT2D eigenvalue weighted by atomic mass is 35.5. The molecule has 0 bridgehead atoms. The molecule has 0 heterocycles. The summed E-state index contributed by atoms with van der Waals surface area (Å²) in [5.41, 5.74) is 3.05. The molecule has 0 amide bonds. The third-order valence-electron chi connectivity index (χ3n) is 5.11. The third-order valence-corrected chi connectivity index (χ3v) is 6.14. The molecule has 1 aliphatic carbocycles. The molecule has 2 aromatic carbocycles. The van der Waals surface area contributed by atoms with Gasteiger partial charge in [0.1, 0.15) is 17.5 Å². The van der Waals surface area contributed by atoms with E-state index in [0.29, 0.717) is 27.9 Å². The van der Waals surface area contributed by atoms with Crippen LogP contribution in [-0.2, 0) is 16.0 Å². The highest BCUT2D eigenvalue weighted by Crippen LogP contribution is 2.41. The molecule has 1 saturated carbocycles. The molecule has 0 atom stereocenters. The van der Waals surface area contributed by atoms with Crippen molar-refractivity contribution in [2.24, 2.45) is 5.41 Å². The maximum absolute atomic E-state index is 12.8. The Morgan fingerprint density at radius 3 is 2.11 bits per heavy atom. The molecule has 0 N–H and O–H groups in total. The van der Waals surface area contributed by atoms with E-state index in [1.165, 1.54) is 0 Å². The van der Waals surface area contributed by atoms with E-state index in [2.05, 4.69) is 0 Å². The summed E-state index contributed by atoms with van der Waals surface area (Å²) in [5.74, 6) is -0.721. The molecule has 1 fully saturated rings. The highest BCUT2D eigenvalue weighted by Gasteiger charge is 2.41. The summed E-state index contributed by atoms with van der Waals surface area (Å²) in [7, 11) is 0. The van der Waals surface area contributed by atoms with Gasteiger partial charge in [0, 0.05) is 23.4 Å². The zero-order chi connectivity index (χ0) is 19.9. The van der Waals surface area contributed by atoms with Gasteiger partial charge in [-0.2, -0.15) is 0 Å². The summed E-state index contributed by atoms with van der Waals surface area (Å²) in [5, 5.41) is 1.27. The first kappa shape index (κ1) is 20.4. The van der Waals surface area contributed by atoms with Gasteiger partial charge in [-0.3, -0.25) is 9.59 Å². The average molecular weight is 424 g/mol. The van der Waals surface area contributed by atoms with Crippen LogP contribution >= 0.6 is 34.8 Å². The third kappa shape index (κ3) is 4.08. The Bertz CT molecular complexity index is 911. The lowest BCUT2D eigenvalue weighted by molar-refractivity contribution is -0.135. The number of ketones is 2. The Morgan fingerprint density at radius 2 is 1.52 bits per heavy atom. The fraction of sp³-hybridized carbons (Fsp3) is 0.364. The number of Topliss-reactive ketones (excluding diaryl/α,β-unsaturated/α-hetero) is 2. The normalized spacial score (nSPS) is 17.4. The van der Waals surface area contributed by atoms with Gasteiger partial charge in [0.25, 0.3) is 0 Å². The van der Waals surface area contributed by atoms with Crippen molar-refractivity contribution in [3.63, 3.8) is 0 Å². The Morgan fingerprint density at radius 1 is 0.926 bits per heavy atom. The SMILES string of the molecule is CCc1ccc(-c2cc(Cl)c(Cl)cc2Cl)cc1C1C(=O)CC(C)(C)CC1=O. The van der Waals surface area contributed by atoms with Gasteiger partial charge in [-0.15, -0.1) is 0 Å². The van der Waals surface area contributed by atoms with Crippen LogP contribution in [0.4, 0.5) is 0 Å². The van der Waals surface area contributed by atoms with E-state index >= 15 is 0 Å². The van der Waals surface area contributed by atoms with E-state index in [0.717, 1.165) is 28.7 Å². The summed E-state index contributed by atoms with van der Waals surface area (Å²) in [6, 6.07) is 9.13. The number of carbonyl (C=O) groups is 2. The Balaban J connectivity index is 2.12. The van der Waals surface area contributed by atoms with Crippen LogP contribution in [0.5, 0.6) is 0 Å². The van der Waals surface area contributed by atoms with Gasteiger partial charge in [0.15, 0.2) is 0 Å². The molecule has 3 rings (SSSR count). The lowest BCUT2D eigenvalue weighted by atomic mass is 9.69. The van der Waals surface area contributed by atoms with Gasteiger partial charge in [0.2, 0.25) is 0 Å². The van der Waals surface area contributed by atoms with Crippen molar-refractivity contribution in [3.8, 4) is 11.1 Å². The van der Waals surface area contributed by atoms with Crippen molar-refractivity contribution in [2.45, 2.75) is 46.0 Å². The first-order chi connectivity index (χ1) is 12.6. The number of carbonyl (C=O) groups excluding carboxylic acids is 2. The van der Waals surface area contributed by atoms with Crippen molar-refractivity contribution in [3.05, 3.63) is 56.5 Å². The van der Waals surface area contributed by atoms with Crippen LogP contribution in [0, 0.1) is 5.41 Å². The number of halogens is 3. The van der Waals surface area contributed by atoms with Crippen molar-refractivity contribution >= 4 is 46.4 Å². The predicted molar refractivity (Wildman–Crippen MR) is 112 cm³/mol. The highest BCUT2D eigenvalue weighted by molar-refractivity contribution is 6.44. The van der Waals surface area contributed by atoms with Gasteiger partial charge in [-0.05, 0) is 46.7 Å². The van der Waals surface area contributed by atoms with E-state index in [-0.39, 0.29) is 17.0 Å². The molecule has 0 saturated heterocycles. The lowest BCUT2D eigenvalue weighted by Crippen LogP contribution is -2.36.